The van der Waals surface area contributed by atoms with Crippen LogP contribution >= 0.6 is 23.2 Å². The zero-order valence-corrected chi connectivity index (χ0v) is 11.5. The molecule has 1 atom stereocenters. The first kappa shape index (κ1) is 14.1. The van der Waals surface area contributed by atoms with Gasteiger partial charge in [0.25, 0.3) is 0 Å². The smallest absolute Gasteiger partial charge is 0.146 e. The fraction of sp³-hybridized carbons (Fsp3) is 0.143. The van der Waals surface area contributed by atoms with Crippen LogP contribution in [0.2, 0.25) is 10.0 Å². The minimum atomic E-state index is -0.334. The summed E-state index contributed by atoms with van der Waals surface area (Å²) in [5.41, 5.74) is 6.87. The first-order valence-electron chi connectivity index (χ1n) is 5.78. The normalized spacial score (nSPS) is 12.2. The number of anilines is 1. The van der Waals surface area contributed by atoms with Crippen molar-refractivity contribution in [2.75, 3.05) is 11.9 Å². The van der Waals surface area contributed by atoms with Crippen LogP contribution in [0.15, 0.2) is 42.5 Å². The monoisotopic (exact) mass is 298 g/mol. The number of para-hydroxylation sites is 1. The van der Waals surface area contributed by atoms with Crippen LogP contribution < -0.4 is 11.1 Å². The summed E-state index contributed by atoms with van der Waals surface area (Å²) in [5.74, 6) is -0.334. The van der Waals surface area contributed by atoms with Gasteiger partial charge in [0.05, 0.1) is 21.8 Å². The molecule has 0 aliphatic rings. The molecule has 0 saturated heterocycles. The molecule has 5 heteroatoms. The van der Waals surface area contributed by atoms with Crippen LogP contribution in [0.1, 0.15) is 11.6 Å². The van der Waals surface area contributed by atoms with Crippen molar-refractivity contribution in [1.82, 2.24) is 0 Å². The molecule has 0 radical (unpaired) electrons. The van der Waals surface area contributed by atoms with Gasteiger partial charge in [0, 0.05) is 6.54 Å². The van der Waals surface area contributed by atoms with Crippen LogP contribution in [-0.2, 0) is 0 Å². The molecule has 0 aliphatic heterocycles. The molecular weight excluding hydrogens is 286 g/mol. The number of nitrogens with two attached hydrogens (primary N) is 1. The summed E-state index contributed by atoms with van der Waals surface area (Å²) in [7, 11) is 0. The van der Waals surface area contributed by atoms with Crippen molar-refractivity contribution in [3.63, 3.8) is 0 Å². The molecular formula is C14H13Cl2FN2. The van der Waals surface area contributed by atoms with Gasteiger partial charge >= 0.3 is 0 Å². The summed E-state index contributed by atoms with van der Waals surface area (Å²) in [6.45, 7) is 0.272. The molecule has 0 bridgehead atoms. The van der Waals surface area contributed by atoms with Crippen molar-refractivity contribution in [1.29, 1.82) is 0 Å². The molecule has 19 heavy (non-hydrogen) atoms. The molecule has 2 aromatic carbocycles. The van der Waals surface area contributed by atoms with Crippen LogP contribution in [0.3, 0.4) is 0 Å². The number of halogens is 3. The van der Waals surface area contributed by atoms with Crippen molar-refractivity contribution in [3.05, 3.63) is 63.9 Å². The van der Waals surface area contributed by atoms with Crippen LogP contribution in [0.5, 0.6) is 0 Å². The van der Waals surface area contributed by atoms with Crippen molar-refractivity contribution < 1.29 is 4.39 Å². The van der Waals surface area contributed by atoms with Crippen LogP contribution in [0.25, 0.3) is 0 Å². The molecule has 2 nitrogen and oxygen atoms in total. The fourth-order valence-electron chi connectivity index (χ4n) is 1.82. The predicted octanol–water partition coefficient (Wildman–Crippen LogP) is 4.24. The first-order valence-corrected chi connectivity index (χ1v) is 6.54. The van der Waals surface area contributed by atoms with E-state index in [1.165, 1.54) is 6.07 Å². The number of rotatable bonds is 4. The maximum atomic E-state index is 13.6. The van der Waals surface area contributed by atoms with E-state index in [1.54, 1.807) is 30.3 Å². The number of benzene rings is 2. The van der Waals surface area contributed by atoms with Gasteiger partial charge in [0.15, 0.2) is 0 Å². The molecule has 0 aromatic heterocycles. The van der Waals surface area contributed by atoms with Crippen LogP contribution in [-0.4, -0.2) is 6.54 Å². The summed E-state index contributed by atoms with van der Waals surface area (Å²) in [5, 5.41) is 3.92. The Morgan fingerprint density at radius 1 is 1.11 bits per heavy atom. The van der Waals surface area contributed by atoms with E-state index in [1.807, 2.05) is 6.07 Å². The van der Waals surface area contributed by atoms with Crippen molar-refractivity contribution in [2.45, 2.75) is 6.04 Å². The Morgan fingerprint density at radius 2 is 1.84 bits per heavy atom. The molecule has 2 aromatic rings. The minimum Gasteiger partial charge on any atom is -0.375 e. The molecule has 3 N–H and O–H groups in total. The van der Waals surface area contributed by atoms with E-state index < -0.39 is 0 Å². The first-order chi connectivity index (χ1) is 9.13. The molecule has 0 spiro atoms. The number of hydrogen-bond donors (Lipinski definition) is 2. The highest BCUT2D eigenvalue weighted by Crippen LogP contribution is 2.31. The highest BCUT2D eigenvalue weighted by Gasteiger charge is 2.16. The van der Waals surface area contributed by atoms with Gasteiger partial charge in [0.2, 0.25) is 0 Å². The van der Waals surface area contributed by atoms with Crippen LogP contribution in [0, 0.1) is 5.82 Å². The van der Waals surface area contributed by atoms with E-state index in [0.29, 0.717) is 15.7 Å². The van der Waals surface area contributed by atoms with E-state index in [0.717, 1.165) is 5.56 Å². The summed E-state index contributed by atoms with van der Waals surface area (Å²) >= 11 is 12.1. The summed E-state index contributed by atoms with van der Waals surface area (Å²) in [4.78, 5) is 0. The van der Waals surface area contributed by atoms with Crippen molar-refractivity contribution >= 4 is 28.9 Å². The van der Waals surface area contributed by atoms with Gasteiger partial charge in [-0.2, -0.15) is 0 Å². The Bertz CT molecular complexity index is 575. The molecule has 1 unspecified atom stereocenters. The summed E-state index contributed by atoms with van der Waals surface area (Å²) in [6.07, 6.45) is 0. The number of hydrogen-bond acceptors (Lipinski definition) is 2. The lowest BCUT2D eigenvalue weighted by molar-refractivity contribution is 0.626. The maximum absolute atomic E-state index is 13.6. The summed E-state index contributed by atoms with van der Waals surface area (Å²) in [6, 6.07) is 11.4. The van der Waals surface area contributed by atoms with Crippen molar-refractivity contribution in [3.8, 4) is 0 Å². The van der Waals surface area contributed by atoms with Gasteiger partial charge in [-0.1, -0.05) is 47.5 Å². The average Bonchev–Trinajstić information content (AvgIpc) is 2.41. The largest absolute Gasteiger partial charge is 0.375 e. The number of nitrogens with one attached hydrogen (secondary N) is 1. The quantitative estimate of drug-likeness (QED) is 0.886. The molecule has 0 fully saturated rings. The fourth-order valence-corrected chi connectivity index (χ4v) is 2.26. The zero-order chi connectivity index (χ0) is 13.8. The van der Waals surface area contributed by atoms with Gasteiger partial charge in [-0.3, -0.25) is 0 Å². The van der Waals surface area contributed by atoms with Crippen LogP contribution in [0.4, 0.5) is 10.1 Å². The highest BCUT2D eigenvalue weighted by molar-refractivity contribution is 6.42. The molecule has 0 saturated carbocycles. The lowest BCUT2D eigenvalue weighted by Crippen LogP contribution is -2.21. The van der Waals surface area contributed by atoms with Gasteiger partial charge in [-0.25, -0.2) is 4.39 Å². The van der Waals surface area contributed by atoms with E-state index >= 15 is 0 Å². The minimum absolute atomic E-state index is 0.272. The van der Waals surface area contributed by atoms with Gasteiger partial charge in [0.1, 0.15) is 5.82 Å². The zero-order valence-electron chi connectivity index (χ0n) is 10.0. The van der Waals surface area contributed by atoms with Gasteiger partial charge in [-0.05, 0) is 23.8 Å². The third kappa shape index (κ3) is 3.18. The maximum Gasteiger partial charge on any atom is 0.146 e. The summed E-state index contributed by atoms with van der Waals surface area (Å²) < 4.78 is 13.6. The third-order valence-electron chi connectivity index (χ3n) is 2.80. The highest BCUT2D eigenvalue weighted by atomic mass is 35.5. The molecule has 2 rings (SSSR count). The molecule has 0 heterocycles. The van der Waals surface area contributed by atoms with Crippen molar-refractivity contribution in [2.24, 2.45) is 5.73 Å². The Kier molecular flexibility index (Phi) is 4.64. The molecule has 100 valence electrons. The Balaban J connectivity index is 2.31. The average molecular weight is 299 g/mol. The lowest BCUT2D eigenvalue weighted by atomic mass is 10.1. The molecule has 0 aliphatic carbocycles. The SMILES string of the molecule is NCC(Nc1ccccc1F)c1cccc(Cl)c1Cl. The molecule has 0 amide bonds. The second kappa shape index (κ2) is 6.24. The Labute approximate surface area is 121 Å². The third-order valence-corrected chi connectivity index (χ3v) is 3.63. The van der Waals surface area contributed by atoms with Gasteiger partial charge < -0.3 is 11.1 Å². The van der Waals surface area contributed by atoms with E-state index in [4.69, 9.17) is 28.9 Å². The predicted molar refractivity (Wildman–Crippen MR) is 78.3 cm³/mol. The van der Waals surface area contributed by atoms with E-state index in [9.17, 15) is 4.39 Å². The second-order valence-corrected chi connectivity index (χ2v) is 4.84. The van der Waals surface area contributed by atoms with E-state index in [-0.39, 0.29) is 18.4 Å². The standard InChI is InChI=1S/C14H13Cl2FN2/c15-10-5-3-4-9(14(10)16)13(8-18)19-12-7-2-1-6-11(12)17/h1-7,13,19H,8,18H2. The second-order valence-electron chi connectivity index (χ2n) is 4.06. The Hall–Kier alpha value is -1.29. The Morgan fingerprint density at radius 3 is 2.53 bits per heavy atom. The van der Waals surface area contributed by atoms with Gasteiger partial charge in [-0.15, -0.1) is 0 Å². The lowest BCUT2D eigenvalue weighted by Gasteiger charge is -2.20. The van der Waals surface area contributed by atoms with E-state index in [2.05, 4.69) is 5.32 Å². The topological polar surface area (TPSA) is 38.0 Å².